The average Bonchev–Trinajstić information content (AvgIpc) is 3.28. The van der Waals surface area contributed by atoms with Gasteiger partial charge in [0.05, 0.1) is 12.2 Å². The van der Waals surface area contributed by atoms with E-state index in [4.69, 9.17) is 0 Å². The molecule has 214 valence electrons. The highest BCUT2D eigenvalue weighted by Gasteiger charge is 2.39. The van der Waals surface area contributed by atoms with Crippen LogP contribution in [0.1, 0.15) is 59.0 Å². The van der Waals surface area contributed by atoms with Crippen molar-refractivity contribution < 1.29 is 31.1 Å². The van der Waals surface area contributed by atoms with Gasteiger partial charge < -0.3 is 0 Å². The number of aryl methyl sites for hydroxylation is 1. The van der Waals surface area contributed by atoms with Crippen LogP contribution in [0.4, 0.5) is 26.3 Å². The summed E-state index contributed by atoms with van der Waals surface area (Å²) in [4.78, 5) is 18.0. The van der Waals surface area contributed by atoms with Crippen LogP contribution >= 0.6 is 0 Å². The number of carbonyl (C=O) groups excluding carboxylic acids is 1. The van der Waals surface area contributed by atoms with E-state index in [2.05, 4.69) is 10.1 Å². The number of ketones is 1. The lowest BCUT2D eigenvalue weighted by molar-refractivity contribution is -0.142. The Hall–Kier alpha value is -3.95. The number of fused-ring (bicyclic) bond motifs is 1. The number of nitrogens with zero attached hydrogens (tertiary/aromatic N) is 3. The SMILES string of the molecule is Cc1cc(-c2cccnc2[C@@H](CC(=O)Cn2nc(C(F)(F)F)c3c2CCCC3)Cc2cc(F)cc(F)c2)ccc1F. The van der Waals surface area contributed by atoms with Crippen LogP contribution in [0.2, 0.25) is 0 Å². The van der Waals surface area contributed by atoms with Gasteiger partial charge in [-0.1, -0.05) is 12.1 Å². The van der Waals surface area contributed by atoms with Crippen molar-refractivity contribution in [3.05, 3.63) is 106 Å². The van der Waals surface area contributed by atoms with Gasteiger partial charge in [0.1, 0.15) is 17.5 Å². The minimum atomic E-state index is -4.63. The largest absolute Gasteiger partial charge is 0.435 e. The Morgan fingerprint density at radius 3 is 2.44 bits per heavy atom. The van der Waals surface area contributed by atoms with Crippen LogP contribution in [0.3, 0.4) is 0 Å². The van der Waals surface area contributed by atoms with E-state index in [1.807, 2.05) is 0 Å². The monoisotopic (exact) mass is 571 g/mol. The first kappa shape index (κ1) is 28.6. The first-order valence-corrected chi connectivity index (χ1v) is 13.3. The molecule has 1 aliphatic rings. The molecule has 0 aliphatic heterocycles. The lowest BCUT2D eigenvalue weighted by Gasteiger charge is -2.20. The summed E-state index contributed by atoms with van der Waals surface area (Å²) in [5, 5.41) is 3.79. The summed E-state index contributed by atoms with van der Waals surface area (Å²) in [5.41, 5.74) is 2.01. The van der Waals surface area contributed by atoms with Gasteiger partial charge in [-0.25, -0.2) is 13.2 Å². The highest BCUT2D eigenvalue weighted by Crippen LogP contribution is 2.37. The maximum absolute atomic E-state index is 14.1. The van der Waals surface area contributed by atoms with Gasteiger partial charge in [-0.3, -0.25) is 14.5 Å². The molecule has 1 aliphatic carbocycles. The van der Waals surface area contributed by atoms with Crippen molar-refractivity contribution in [3.8, 4) is 11.1 Å². The van der Waals surface area contributed by atoms with Gasteiger partial charge in [-0.2, -0.15) is 18.3 Å². The lowest BCUT2D eigenvalue weighted by atomic mass is 9.86. The van der Waals surface area contributed by atoms with Crippen molar-refractivity contribution in [1.29, 1.82) is 0 Å². The molecule has 10 heteroatoms. The second-order valence-corrected chi connectivity index (χ2v) is 10.5. The third kappa shape index (κ3) is 6.36. The summed E-state index contributed by atoms with van der Waals surface area (Å²) in [5.74, 6) is -3.02. The summed E-state index contributed by atoms with van der Waals surface area (Å²) < 4.78 is 84.3. The number of pyridine rings is 1. The maximum atomic E-state index is 14.1. The van der Waals surface area contributed by atoms with Crippen LogP contribution < -0.4 is 0 Å². The van der Waals surface area contributed by atoms with E-state index >= 15 is 0 Å². The summed E-state index contributed by atoms with van der Waals surface area (Å²) in [6, 6.07) is 11.1. The molecule has 2 aromatic heterocycles. The van der Waals surface area contributed by atoms with Crippen molar-refractivity contribution in [3.63, 3.8) is 0 Å². The number of alkyl halides is 3. The summed E-state index contributed by atoms with van der Waals surface area (Å²) in [6.45, 7) is 1.25. The van der Waals surface area contributed by atoms with Crippen LogP contribution in [-0.2, 0) is 36.8 Å². The van der Waals surface area contributed by atoms with Crippen LogP contribution in [0.15, 0.2) is 54.7 Å². The molecule has 0 amide bonds. The number of carbonyl (C=O) groups is 1. The molecule has 0 saturated carbocycles. The molecule has 0 bridgehead atoms. The van der Waals surface area contributed by atoms with Gasteiger partial charge in [0, 0.05) is 41.4 Å². The molecule has 5 rings (SSSR count). The lowest BCUT2D eigenvalue weighted by Crippen LogP contribution is -2.19. The molecule has 4 aromatic rings. The molecule has 0 spiro atoms. The number of Topliss-reactive ketones (excluding diaryl/α,β-unsaturated/α-hetero) is 1. The fourth-order valence-electron chi connectivity index (χ4n) is 5.61. The first-order chi connectivity index (χ1) is 19.5. The highest BCUT2D eigenvalue weighted by molar-refractivity contribution is 5.80. The smallest absolute Gasteiger partial charge is 0.298 e. The molecule has 2 heterocycles. The van der Waals surface area contributed by atoms with Gasteiger partial charge in [-0.15, -0.1) is 0 Å². The average molecular weight is 572 g/mol. The quantitative estimate of drug-likeness (QED) is 0.205. The Labute approximate surface area is 233 Å². The van der Waals surface area contributed by atoms with Crippen LogP contribution in [0.25, 0.3) is 11.1 Å². The first-order valence-electron chi connectivity index (χ1n) is 13.3. The molecule has 0 fully saturated rings. The summed E-state index contributed by atoms with van der Waals surface area (Å²) in [7, 11) is 0. The zero-order valence-corrected chi connectivity index (χ0v) is 22.2. The molecule has 2 aromatic carbocycles. The zero-order valence-electron chi connectivity index (χ0n) is 22.2. The fraction of sp³-hybridized carbons (Fsp3) is 0.323. The second kappa shape index (κ2) is 11.5. The van der Waals surface area contributed by atoms with Gasteiger partial charge in [0.15, 0.2) is 11.5 Å². The predicted molar refractivity (Wildman–Crippen MR) is 141 cm³/mol. The van der Waals surface area contributed by atoms with E-state index in [-0.39, 0.29) is 37.2 Å². The van der Waals surface area contributed by atoms with Crippen LogP contribution in [-0.4, -0.2) is 20.5 Å². The number of hydrogen-bond donors (Lipinski definition) is 0. The number of rotatable bonds is 8. The van der Waals surface area contributed by atoms with E-state index in [0.717, 1.165) is 10.7 Å². The number of hydrogen-bond acceptors (Lipinski definition) is 3. The Kier molecular flexibility index (Phi) is 8.02. The van der Waals surface area contributed by atoms with Crippen LogP contribution in [0.5, 0.6) is 0 Å². The van der Waals surface area contributed by atoms with E-state index < -0.39 is 35.2 Å². The minimum Gasteiger partial charge on any atom is -0.298 e. The zero-order chi connectivity index (χ0) is 29.3. The van der Waals surface area contributed by atoms with E-state index in [0.29, 0.717) is 52.9 Å². The Bertz CT molecular complexity index is 1570. The van der Waals surface area contributed by atoms with Crippen molar-refractivity contribution >= 4 is 5.78 Å². The molecule has 0 N–H and O–H groups in total. The number of benzene rings is 2. The summed E-state index contributed by atoms with van der Waals surface area (Å²) in [6.07, 6.45) is -1.27. The molecule has 4 nitrogen and oxygen atoms in total. The molecule has 0 radical (unpaired) electrons. The molecule has 0 unspecified atom stereocenters. The third-order valence-corrected chi connectivity index (χ3v) is 7.42. The Balaban J connectivity index is 1.50. The van der Waals surface area contributed by atoms with Gasteiger partial charge in [0.25, 0.3) is 0 Å². The molecule has 41 heavy (non-hydrogen) atoms. The van der Waals surface area contributed by atoms with Crippen molar-refractivity contribution in [2.45, 2.75) is 64.1 Å². The van der Waals surface area contributed by atoms with E-state index in [9.17, 15) is 31.1 Å². The minimum absolute atomic E-state index is 0.0373. The highest BCUT2D eigenvalue weighted by atomic mass is 19.4. The van der Waals surface area contributed by atoms with Crippen molar-refractivity contribution in [2.75, 3.05) is 0 Å². The molecular formula is C31H27F6N3O. The van der Waals surface area contributed by atoms with Gasteiger partial charge in [-0.05, 0) is 86.1 Å². The van der Waals surface area contributed by atoms with Crippen molar-refractivity contribution in [1.82, 2.24) is 14.8 Å². The third-order valence-electron chi connectivity index (χ3n) is 7.42. The number of halogens is 6. The molecular weight excluding hydrogens is 544 g/mol. The normalized spacial score (nSPS) is 14.1. The second-order valence-electron chi connectivity index (χ2n) is 10.5. The van der Waals surface area contributed by atoms with E-state index in [1.54, 1.807) is 31.2 Å². The Morgan fingerprint density at radius 1 is 1.00 bits per heavy atom. The van der Waals surface area contributed by atoms with Gasteiger partial charge >= 0.3 is 6.18 Å². The van der Waals surface area contributed by atoms with Crippen molar-refractivity contribution in [2.24, 2.45) is 0 Å². The standard InChI is InChI=1S/C31H27F6N3O/c1-18-11-20(8-9-27(18)34)25-6-4-10-38-29(25)21(12-19-13-22(32)16-23(33)14-19)15-24(41)17-40-28-7-3-2-5-26(28)30(39-40)31(35,36)37/h4,6,8-11,13-14,16,21H,2-3,5,7,12,15,17H2,1H3/t21-/m1/s1. The number of aromatic nitrogens is 3. The topological polar surface area (TPSA) is 47.8 Å². The summed E-state index contributed by atoms with van der Waals surface area (Å²) >= 11 is 0. The van der Waals surface area contributed by atoms with E-state index in [1.165, 1.54) is 24.4 Å². The Morgan fingerprint density at radius 2 is 1.73 bits per heavy atom. The predicted octanol–water partition coefficient (Wildman–Crippen LogP) is 7.55. The van der Waals surface area contributed by atoms with Gasteiger partial charge in [0.2, 0.25) is 0 Å². The van der Waals surface area contributed by atoms with Crippen LogP contribution in [0, 0.1) is 24.4 Å². The maximum Gasteiger partial charge on any atom is 0.435 e. The fourth-order valence-corrected chi connectivity index (χ4v) is 5.61. The molecule has 1 atom stereocenters. The molecule has 0 saturated heterocycles.